The second-order valence-corrected chi connectivity index (χ2v) is 8.46. The molecule has 4 rings (SSSR count). The van der Waals surface area contributed by atoms with Gasteiger partial charge in [0.2, 0.25) is 5.91 Å². The number of anilines is 1. The van der Waals surface area contributed by atoms with Crippen LogP contribution in [0.2, 0.25) is 5.02 Å². The molecule has 1 amide bonds. The Balaban J connectivity index is 1.36. The highest BCUT2D eigenvalue weighted by atomic mass is 35.5. The molecular formula is C28H26ClN3O3. The van der Waals surface area contributed by atoms with Gasteiger partial charge in [0.15, 0.2) is 5.82 Å². The average Bonchev–Trinajstić information content (AvgIpc) is 3.28. The predicted octanol–water partition coefficient (Wildman–Crippen LogP) is 6.13. The number of carbonyl (C=O) groups is 1. The normalized spacial score (nSPS) is 10.9. The molecule has 0 saturated heterocycles. The topological polar surface area (TPSA) is 65.4 Å². The fourth-order valence-corrected chi connectivity index (χ4v) is 3.70. The van der Waals surface area contributed by atoms with E-state index in [-0.39, 0.29) is 5.91 Å². The number of benzene rings is 3. The highest BCUT2D eigenvalue weighted by molar-refractivity contribution is 6.30. The summed E-state index contributed by atoms with van der Waals surface area (Å²) in [4.78, 5) is 12.4. The molecule has 0 bridgehead atoms. The number of halogens is 1. The molecule has 1 aromatic heterocycles. The molecule has 0 atom stereocenters. The minimum atomic E-state index is -0.272. The molecular weight excluding hydrogens is 462 g/mol. The monoisotopic (exact) mass is 487 g/mol. The van der Waals surface area contributed by atoms with Crippen LogP contribution in [0, 0.1) is 6.92 Å². The van der Waals surface area contributed by atoms with Crippen molar-refractivity contribution in [2.75, 3.05) is 12.4 Å². The van der Waals surface area contributed by atoms with Gasteiger partial charge in [-0.3, -0.25) is 9.48 Å². The lowest BCUT2D eigenvalue weighted by Gasteiger charge is -2.11. The van der Waals surface area contributed by atoms with Gasteiger partial charge in [-0.2, -0.15) is 5.10 Å². The maximum Gasteiger partial charge on any atom is 0.249 e. The molecule has 0 spiro atoms. The lowest BCUT2D eigenvalue weighted by molar-refractivity contribution is -0.111. The van der Waals surface area contributed by atoms with Gasteiger partial charge in [-0.15, -0.1) is 0 Å². The van der Waals surface area contributed by atoms with Crippen molar-refractivity contribution in [3.8, 4) is 11.5 Å². The number of hydrogen-bond acceptors (Lipinski definition) is 4. The second-order valence-electron chi connectivity index (χ2n) is 8.02. The van der Waals surface area contributed by atoms with E-state index in [9.17, 15) is 4.79 Å². The maximum absolute atomic E-state index is 12.4. The third kappa shape index (κ3) is 6.98. The third-order valence-corrected chi connectivity index (χ3v) is 5.51. The fraction of sp³-hybridized carbons (Fsp3) is 0.143. The zero-order chi connectivity index (χ0) is 24.6. The lowest BCUT2D eigenvalue weighted by Crippen LogP contribution is -2.09. The number of amides is 1. The fourth-order valence-electron chi connectivity index (χ4n) is 3.49. The Hall–Kier alpha value is -4.03. The number of hydrogen-bond donors (Lipinski definition) is 1. The molecule has 7 heteroatoms. The Morgan fingerprint density at radius 3 is 2.69 bits per heavy atom. The van der Waals surface area contributed by atoms with Crippen molar-refractivity contribution in [1.82, 2.24) is 9.78 Å². The predicted molar refractivity (Wildman–Crippen MR) is 139 cm³/mol. The molecule has 6 nitrogen and oxygen atoms in total. The number of nitrogens with one attached hydrogen (secondary N) is 1. The van der Waals surface area contributed by atoms with E-state index in [2.05, 4.69) is 10.4 Å². The van der Waals surface area contributed by atoms with E-state index in [4.69, 9.17) is 21.1 Å². The number of carbonyl (C=O) groups excluding carboxylic acids is 1. The first-order chi connectivity index (χ1) is 17.0. The van der Waals surface area contributed by atoms with Gasteiger partial charge in [0.25, 0.3) is 0 Å². The van der Waals surface area contributed by atoms with Crippen LogP contribution in [-0.2, 0) is 17.9 Å². The van der Waals surface area contributed by atoms with Gasteiger partial charge >= 0.3 is 0 Å². The standard InChI is InChI=1S/C28H26ClN3O3/c1-20-6-10-25(11-7-20)35-19-23-16-21(8-12-26(23)34-2)9-13-28(33)30-27-14-15-32(31-27)18-22-4-3-5-24(29)17-22/h3-17H,18-19H2,1-2H3,(H,30,31,33)/b13-9+. The summed E-state index contributed by atoms with van der Waals surface area (Å²) in [7, 11) is 1.62. The molecule has 0 aliphatic heterocycles. The first-order valence-corrected chi connectivity index (χ1v) is 11.5. The Bertz CT molecular complexity index is 1330. The molecule has 0 saturated carbocycles. The number of aryl methyl sites for hydroxylation is 1. The van der Waals surface area contributed by atoms with Crippen LogP contribution in [0.5, 0.6) is 11.5 Å². The summed E-state index contributed by atoms with van der Waals surface area (Å²) >= 11 is 6.04. The summed E-state index contributed by atoms with van der Waals surface area (Å²) in [6.45, 7) is 2.95. The number of methoxy groups -OCH3 is 1. The second kappa shape index (κ2) is 11.4. The van der Waals surface area contributed by atoms with Crippen LogP contribution in [-0.4, -0.2) is 22.8 Å². The quantitative estimate of drug-likeness (QED) is 0.288. The largest absolute Gasteiger partial charge is 0.496 e. The highest BCUT2D eigenvalue weighted by Gasteiger charge is 2.07. The zero-order valence-electron chi connectivity index (χ0n) is 19.6. The van der Waals surface area contributed by atoms with Gasteiger partial charge in [0.1, 0.15) is 18.1 Å². The van der Waals surface area contributed by atoms with Gasteiger partial charge in [0, 0.05) is 28.9 Å². The third-order valence-electron chi connectivity index (χ3n) is 5.27. The van der Waals surface area contributed by atoms with Crippen LogP contribution in [0.4, 0.5) is 5.82 Å². The van der Waals surface area contributed by atoms with Gasteiger partial charge in [0.05, 0.1) is 13.7 Å². The molecule has 0 unspecified atom stereocenters. The van der Waals surface area contributed by atoms with Crippen molar-refractivity contribution < 1.29 is 14.3 Å². The van der Waals surface area contributed by atoms with Gasteiger partial charge in [-0.05, 0) is 60.5 Å². The van der Waals surface area contributed by atoms with Crippen LogP contribution in [0.25, 0.3) is 6.08 Å². The van der Waals surface area contributed by atoms with Crippen molar-refractivity contribution in [1.29, 1.82) is 0 Å². The Labute approximate surface area is 209 Å². The van der Waals surface area contributed by atoms with Gasteiger partial charge in [-0.25, -0.2) is 0 Å². The average molecular weight is 488 g/mol. The molecule has 3 aromatic carbocycles. The van der Waals surface area contributed by atoms with Crippen LogP contribution < -0.4 is 14.8 Å². The molecule has 35 heavy (non-hydrogen) atoms. The summed E-state index contributed by atoms with van der Waals surface area (Å²) in [6.07, 6.45) is 5.03. The lowest BCUT2D eigenvalue weighted by atomic mass is 10.1. The summed E-state index contributed by atoms with van der Waals surface area (Å²) in [5, 5.41) is 7.86. The Morgan fingerprint density at radius 2 is 1.91 bits per heavy atom. The van der Waals surface area contributed by atoms with E-state index < -0.39 is 0 Å². The van der Waals surface area contributed by atoms with E-state index in [1.54, 1.807) is 23.9 Å². The molecule has 178 valence electrons. The van der Waals surface area contributed by atoms with Crippen molar-refractivity contribution in [3.05, 3.63) is 112 Å². The molecule has 0 radical (unpaired) electrons. The SMILES string of the molecule is COc1ccc(/C=C/C(=O)Nc2ccn(Cc3cccc(Cl)c3)n2)cc1COc1ccc(C)cc1. The van der Waals surface area contributed by atoms with Crippen LogP contribution in [0.15, 0.2) is 85.1 Å². The van der Waals surface area contributed by atoms with Gasteiger partial charge < -0.3 is 14.8 Å². The van der Waals surface area contributed by atoms with Crippen molar-refractivity contribution in [2.45, 2.75) is 20.1 Å². The first-order valence-electron chi connectivity index (χ1n) is 11.1. The number of nitrogens with zero attached hydrogens (tertiary/aromatic N) is 2. The Kier molecular flexibility index (Phi) is 7.85. The van der Waals surface area contributed by atoms with E-state index in [1.807, 2.05) is 79.9 Å². The number of aromatic nitrogens is 2. The Morgan fingerprint density at radius 1 is 1.09 bits per heavy atom. The van der Waals surface area contributed by atoms with Crippen LogP contribution in [0.1, 0.15) is 22.3 Å². The zero-order valence-corrected chi connectivity index (χ0v) is 20.3. The summed E-state index contributed by atoms with van der Waals surface area (Å²) < 4.78 is 13.1. The summed E-state index contributed by atoms with van der Waals surface area (Å²) in [5.74, 6) is 1.71. The summed E-state index contributed by atoms with van der Waals surface area (Å²) in [6, 6.07) is 22.9. The smallest absolute Gasteiger partial charge is 0.249 e. The van der Waals surface area contributed by atoms with Crippen LogP contribution in [0.3, 0.4) is 0 Å². The minimum absolute atomic E-state index is 0.272. The van der Waals surface area contributed by atoms with Crippen LogP contribution >= 0.6 is 11.6 Å². The molecule has 0 fully saturated rings. The van der Waals surface area contributed by atoms with Crippen molar-refractivity contribution >= 4 is 29.4 Å². The molecule has 1 heterocycles. The minimum Gasteiger partial charge on any atom is -0.496 e. The molecule has 1 N–H and O–H groups in total. The van der Waals surface area contributed by atoms with E-state index in [0.29, 0.717) is 24.0 Å². The maximum atomic E-state index is 12.4. The van der Waals surface area contributed by atoms with Gasteiger partial charge in [-0.1, -0.05) is 47.5 Å². The van der Waals surface area contributed by atoms with E-state index in [0.717, 1.165) is 28.2 Å². The van der Waals surface area contributed by atoms with E-state index >= 15 is 0 Å². The van der Waals surface area contributed by atoms with Crippen molar-refractivity contribution in [2.24, 2.45) is 0 Å². The molecule has 0 aliphatic rings. The van der Waals surface area contributed by atoms with E-state index in [1.165, 1.54) is 11.6 Å². The summed E-state index contributed by atoms with van der Waals surface area (Å²) in [5.41, 5.74) is 3.94. The van der Waals surface area contributed by atoms with Crippen molar-refractivity contribution in [3.63, 3.8) is 0 Å². The molecule has 0 aliphatic carbocycles. The molecule has 4 aromatic rings. The number of rotatable bonds is 9. The first kappa shape index (κ1) is 24.1. The highest BCUT2D eigenvalue weighted by Crippen LogP contribution is 2.23. The number of ether oxygens (including phenoxy) is 2.